The minimum absolute atomic E-state index is 0.388. The maximum Gasteiger partial charge on any atom is 0.400 e. The van der Waals surface area contributed by atoms with Crippen molar-refractivity contribution in [1.29, 1.82) is 0 Å². The monoisotopic (exact) mass is 270 g/mol. The van der Waals surface area contributed by atoms with E-state index < -0.39 is 17.9 Å². The van der Waals surface area contributed by atoms with Gasteiger partial charge in [-0.25, -0.2) is 0 Å². The molecule has 0 fully saturated rings. The van der Waals surface area contributed by atoms with Gasteiger partial charge in [-0.1, -0.05) is 19.0 Å². The van der Waals surface area contributed by atoms with Crippen LogP contribution in [-0.4, -0.2) is 54.8 Å². The molecule has 0 aromatic rings. The van der Waals surface area contributed by atoms with E-state index in [1.807, 2.05) is 13.8 Å². The summed E-state index contributed by atoms with van der Waals surface area (Å²) in [6.45, 7) is 6.36. The van der Waals surface area contributed by atoms with Crippen molar-refractivity contribution in [2.45, 2.75) is 20.0 Å². The zero-order valence-electron chi connectivity index (χ0n) is 10.7. The molecule has 108 valence electrons. The van der Waals surface area contributed by atoms with Gasteiger partial charge in [-0.15, -0.1) is 0 Å². The van der Waals surface area contributed by atoms with E-state index in [0.29, 0.717) is 13.1 Å². The van der Waals surface area contributed by atoms with Gasteiger partial charge in [0.15, 0.2) is 5.84 Å². The summed E-state index contributed by atoms with van der Waals surface area (Å²) in [6.07, 6.45) is -4.52. The first-order valence-corrected chi connectivity index (χ1v) is 5.83. The molecule has 0 saturated carbocycles. The van der Waals surface area contributed by atoms with Gasteiger partial charge in [-0.3, -0.25) is 0 Å². The SMILES string of the molecule is CCN(CC)CCNCC(C(N)=NO)C(F)(F)F. The lowest BCUT2D eigenvalue weighted by Gasteiger charge is -2.21. The average Bonchev–Trinajstić information content (AvgIpc) is 2.31. The fourth-order valence-electron chi connectivity index (χ4n) is 1.48. The predicted octanol–water partition coefficient (Wildman–Crippen LogP) is 0.843. The maximum absolute atomic E-state index is 12.6. The molecule has 5 nitrogen and oxygen atoms in total. The van der Waals surface area contributed by atoms with E-state index in [0.717, 1.165) is 13.1 Å². The summed E-state index contributed by atoms with van der Waals surface area (Å²) >= 11 is 0. The molecule has 4 N–H and O–H groups in total. The summed E-state index contributed by atoms with van der Waals surface area (Å²) in [5.74, 6) is -2.78. The van der Waals surface area contributed by atoms with Crippen LogP contribution in [0.25, 0.3) is 0 Å². The van der Waals surface area contributed by atoms with Crippen LogP contribution < -0.4 is 11.1 Å². The highest BCUT2D eigenvalue weighted by Crippen LogP contribution is 2.25. The highest BCUT2D eigenvalue weighted by molar-refractivity contribution is 5.83. The second-order valence-corrected chi connectivity index (χ2v) is 3.85. The van der Waals surface area contributed by atoms with Crippen molar-refractivity contribution in [3.8, 4) is 0 Å². The highest BCUT2D eigenvalue weighted by atomic mass is 19.4. The number of rotatable bonds is 8. The van der Waals surface area contributed by atoms with E-state index in [4.69, 9.17) is 10.9 Å². The van der Waals surface area contributed by atoms with Gasteiger partial charge in [0.1, 0.15) is 5.92 Å². The van der Waals surface area contributed by atoms with E-state index in [2.05, 4.69) is 15.4 Å². The maximum atomic E-state index is 12.6. The minimum Gasteiger partial charge on any atom is -0.409 e. The summed E-state index contributed by atoms with van der Waals surface area (Å²) in [4.78, 5) is 2.08. The first kappa shape index (κ1) is 17.0. The van der Waals surface area contributed by atoms with Crippen molar-refractivity contribution in [2.24, 2.45) is 16.8 Å². The number of amidine groups is 1. The van der Waals surface area contributed by atoms with Gasteiger partial charge in [0.05, 0.1) is 0 Å². The number of hydrogen-bond acceptors (Lipinski definition) is 4. The number of nitrogens with one attached hydrogen (secondary N) is 1. The molecule has 0 heterocycles. The Balaban J connectivity index is 4.14. The van der Waals surface area contributed by atoms with Crippen molar-refractivity contribution in [1.82, 2.24) is 10.2 Å². The average molecular weight is 270 g/mol. The van der Waals surface area contributed by atoms with Crippen LogP contribution in [0.1, 0.15) is 13.8 Å². The third kappa shape index (κ3) is 6.06. The van der Waals surface area contributed by atoms with E-state index >= 15 is 0 Å². The number of nitrogens with zero attached hydrogens (tertiary/aromatic N) is 2. The van der Waals surface area contributed by atoms with Gasteiger partial charge >= 0.3 is 6.18 Å². The Hall–Kier alpha value is -1.02. The van der Waals surface area contributed by atoms with Crippen molar-refractivity contribution < 1.29 is 18.4 Å². The molecule has 8 heteroatoms. The number of alkyl halides is 3. The van der Waals surface area contributed by atoms with Gasteiger partial charge in [0.25, 0.3) is 0 Å². The molecule has 0 amide bonds. The molecule has 0 rings (SSSR count). The van der Waals surface area contributed by atoms with Crippen LogP contribution in [0.2, 0.25) is 0 Å². The molecule has 0 bridgehead atoms. The number of nitrogens with two attached hydrogens (primary N) is 1. The van der Waals surface area contributed by atoms with Gasteiger partial charge in [0.2, 0.25) is 0 Å². The van der Waals surface area contributed by atoms with E-state index in [9.17, 15) is 13.2 Å². The van der Waals surface area contributed by atoms with Crippen LogP contribution in [0.5, 0.6) is 0 Å². The zero-order chi connectivity index (χ0) is 14.2. The number of hydrogen-bond donors (Lipinski definition) is 3. The number of halogens is 3. The summed E-state index contributed by atoms with van der Waals surface area (Å²) in [5.41, 5.74) is 5.03. The quantitative estimate of drug-likeness (QED) is 0.201. The molecule has 1 unspecified atom stereocenters. The summed E-state index contributed by atoms with van der Waals surface area (Å²) in [7, 11) is 0. The smallest absolute Gasteiger partial charge is 0.400 e. The number of oxime groups is 1. The van der Waals surface area contributed by atoms with Crippen LogP contribution in [0, 0.1) is 5.92 Å². The molecule has 0 aromatic carbocycles. The van der Waals surface area contributed by atoms with E-state index in [-0.39, 0.29) is 6.54 Å². The Morgan fingerprint density at radius 2 is 1.94 bits per heavy atom. The molecule has 0 aliphatic heterocycles. The van der Waals surface area contributed by atoms with Crippen LogP contribution in [-0.2, 0) is 0 Å². The van der Waals surface area contributed by atoms with Crippen LogP contribution in [0.4, 0.5) is 13.2 Å². The van der Waals surface area contributed by atoms with Crippen LogP contribution >= 0.6 is 0 Å². The summed E-state index contributed by atoms with van der Waals surface area (Å²) in [6, 6.07) is 0. The Morgan fingerprint density at radius 3 is 2.33 bits per heavy atom. The Labute approximate surface area is 105 Å². The molecule has 0 aliphatic rings. The third-order valence-corrected chi connectivity index (χ3v) is 2.72. The van der Waals surface area contributed by atoms with Crippen molar-refractivity contribution in [2.75, 3.05) is 32.7 Å². The second kappa shape index (κ2) is 8.15. The van der Waals surface area contributed by atoms with E-state index in [1.165, 1.54) is 0 Å². The lowest BCUT2D eigenvalue weighted by atomic mass is 10.1. The lowest BCUT2D eigenvalue weighted by Crippen LogP contribution is -2.44. The first-order valence-electron chi connectivity index (χ1n) is 5.83. The van der Waals surface area contributed by atoms with Crippen LogP contribution in [0.15, 0.2) is 5.16 Å². The topological polar surface area (TPSA) is 73.9 Å². The molecular formula is C10H21F3N4O. The van der Waals surface area contributed by atoms with Crippen LogP contribution in [0.3, 0.4) is 0 Å². The minimum atomic E-state index is -4.52. The molecule has 0 aromatic heterocycles. The molecule has 1 atom stereocenters. The number of likely N-dealkylation sites (N-methyl/N-ethyl adjacent to an activating group) is 1. The van der Waals surface area contributed by atoms with Gasteiger partial charge < -0.3 is 21.2 Å². The van der Waals surface area contributed by atoms with Gasteiger partial charge in [-0.05, 0) is 13.1 Å². The lowest BCUT2D eigenvalue weighted by molar-refractivity contribution is -0.154. The standard InChI is InChI=1S/C10H21F3N4O/c1-3-17(4-2)6-5-15-7-8(9(14)16-18)10(11,12)13/h8,15,18H,3-7H2,1-2H3,(H2,14,16). The molecule has 18 heavy (non-hydrogen) atoms. The Kier molecular flexibility index (Phi) is 7.69. The van der Waals surface area contributed by atoms with Crippen molar-refractivity contribution in [3.63, 3.8) is 0 Å². The molecule has 0 saturated heterocycles. The normalized spacial score (nSPS) is 15.1. The second-order valence-electron chi connectivity index (χ2n) is 3.85. The largest absolute Gasteiger partial charge is 0.409 e. The molecule has 0 spiro atoms. The Bertz CT molecular complexity index is 254. The highest BCUT2D eigenvalue weighted by Gasteiger charge is 2.42. The molecular weight excluding hydrogens is 249 g/mol. The summed E-state index contributed by atoms with van der Waals surface area (Å²) < 4.78 is 37.7. The van der Waals surface area contributed by atoms with Crippen molar-refractivity contribution >= 4 is 5.84 Å². The molecule has 0 radical (unpaired) electrons. The molecule has 0 aliphatic carbocycles. The predicted molar refractivity (Wildman–Crippen MR) is 63.6 cm³/mol. The first-order chi connectivity index (χ1) is 8.36. The zero-order valence-corrected chi connectivity index (χ0v) is 10.7. The summed E-state index contributed by atoms with van der Waals surface area (Å²) in [5, 5.41) is 13.4. The van der Waals surface area contributed by atoms with Crippen molar-refractivity contribution in [3.05, 3.63) is 0 Å². The van der Waals surface area contributed by atoms with Gasteiger partial charge in [0, 0.05) is 19.6 Å². The van der Waals surface area contributed by atoms with E-state index in [1.54, 1.807) is 0 Å². The Morgan fingerprint density at radius 1 is 1.39 bits per heavy atom. The fraction of sp³-hybridized carbons (Fsp3) is 0.900. The fourth-order valence-corrected chi connectivity index (χ4v) is 1.48. The third-order valence-electron chi connectivity index (χ3n) is 2.72. The van der Waals surface area contributed by atoms with Gasteiger partial charge in [-0.2, -0.15) is 13.2 Å².